The predicted octanol–water partition coefficient (Wildman–Crippen LogP) is 5.10. The van der Waals surface area contributed by atoms with Crippen molar-refractivity contribution in [2.24, 2.45) is 5.92 Å². The Balaban J connectivity index is 1.68. The Morgan fingerprint density at radius 2 is 2.14 bits per heavy atom. The zero-order valence-corrected chi connectivity index (χ0v) is 14.0. The SMILES string of the molecule is C=CCSC1CC(c2cccc(F)c2)NC1CC1CCCC1. The molecular formula is C19H26FNS. The van der Waals surface area contributed by atoms with Crippen LogP contribution in [0, 0.1) is 11.7 Å². The van der Waals surface area contributed by atoms with E-state index in [0.29, 0.717) is 17.3 Å². The van der Waals surface area contributed by atoms with Crippen LogP contribution in [0.3, 0.4) is 0 Å². The van der Waals surface area contributed by atoms with Gasteiger partial charge in [-0.05, 0) is 36.5 Å². The molecule has 22 heavy (non-hydrogen) atoms. The van der Waals surface area contributed by atoms with E-state index in [1.54, 1.807) is 6.07 Å². The molecule has 1 saturated carbocycles. The highest BCUT2D eigenvalue weighted by Crippen LogP contribution is 2.39. The van der Waals surface area contributed by atoms with E-state index in [4.69, 9.17) is 0 Å². The van der Waals surface area contributed by atoms with Gasteiger partial charge in [0.1, 0.15) is 5.82 Å². The fourth-order valence-electron chi connectivity index (χ4n) is 3.99. The Kier molecular flexibility index (Phi) is 5.59. The maximum atomic E-state index is 13.5. The van der Waals surface area contributed by atoms with Gasteiger partial charge in [0.05, 0.1) is 0 Å². The minimum atomic E-state index is -0.131. The number of hydrogen-bond acceptors (Lipinski definition) is 2. The van der Waals surface area contributed by atoms with Crippen molar-refractivity contribution in [2.75, 3.05) is 5.75 Å². The first-order valence-corrected chi connectivity index (χ1v) is 9.55. The van der Waals surface area contributed by atoms with E-state index in [-0.39, 0.29) is 5.82 Å². The molecule has 0 amide bonds. The lowest BCUT2D eigenvalue weighted by Gasteiger charge is -2.22. The van der Waals surface area contributed by atoms with Gasteiger partial charge in [0.2, 0.25) is 0 Å². The molecule has 1 heterocycles. The van der Waals surface area contributed by atoms with E-state index in [1.807, 2.05) is 30.0 Å². The molecule has 2 fully saturated rings. The van der Waals surface area contributed by atoms with E-state index >= 15 is 0 Å². The lowest BCUT2D eigenvalue weighted by atomic mass is 9.97. The number of halogens is 1. The number of rotatable bonds is 6. The molecule has 1 aromatic rings. The Hall–Kier alpha value is -0.800. The maximum Gasteiger partial charge on any atom is 0.123 e. The van der Waals surface area contributed by atoms with Gasteiger partial charge in [-0.15, -0.1) is 6.58 Å². The molecule has 1 aliphatic heterocycles. The topological polar surface area (TPSA) is 12.0 Å². The third kappa shape index (κ3) is 3.94. The Labute approximate surface area is 137 Å². The van der Waals surface area contributed by atoms with Crippen molar-refractivity contribution >= 4 is 11.8 Å². The van der Waals surface area contributed by atoms with E-state index in [0.717, 1.165) is 23.7 Å². The van der Waals surface area contributed by atoms with Crippen LogP contribution in [-0.2, 0) is 0 Å². The lowest BCUT2D eigenvalue weighted by Crippen LogP contribution is -2.31. The normalized spacial score (nSPS) is 29.0. The molecule has 1 aromatic carbocycles. The zero-order valence-electron chi connectivity index (χ0n) is 13.1. The summed E-state index contributed by atoms with van der Waals surface area (Å²) in [5, 5.41) is 4.42. The van der Waals surface area contributed by atoms with Gasteiger partial charge in [0, 0.05) is 23.1 Å². The molecule has 1 N–H and O–H groups in total. The number of thioether (sulfide) groups is 1. The van der Waals surface area contributed by atoms with Crippen molar-refractivity contribution in [3.63, 3.8) is 0 Å². The van der Waals surface area contributed by atoms with Crippen molar-refractivity contribution in [3.05, 3.63) is 48.3 Å². The average molecular weight is 319 g/mol. The van der Waals surface area contributed by atoms with Crippen LogP contribution in [0.1, 0.15) is 50.1 Å². The summed E-state index contributed by atoms with van der Waals surface area (Å²) in [6.07, 6.45) is 9.94. The molecule has 0 spiro atoms. The van der Waals surface area contributed by atoms with E-state index in [9.17, 15) is 4.39 Å². The zero-order chi connectivity index (χ0) is 15.4. The summed E-state index contributed by atoms with van der Waals surface area (Å²) in [6, 6.07) is 7.94. The van der Waals surface area contributed by atoms with Crippen LogP contribution in [0.25, 0.3) is 0 Å². The third-order valence-corrected chi connectivity index (χ3v) is 6.45. The van der Waals surface area contributed by atoms with Crippen LogP contribution in [-0.4, -0.2) is 17.0 Å². The van der Waals surface area contributed by atoms with Crippen LogP contribution >= 0.6 is 11.8 Å². The summed E-state index contributed by atoms with van der Waals surface area (Å²) in [5.74, 6) is 1.76. The molecule has 0 aromatic heterocycles. The summed E-state index contributed by atoms with van der Waals surface area (Å²) in [6.45, 7) is 3.85. The largest absolute Gasteiger partial charge is 0.306 e. The fourth-order valence-corrected chi connectivity index (χ4v) is 5.12. The molecule has 3 atom stereocenters. The second-order valence-corrected chi connectivity index (χ2v) is 7.94. The smallest absolute Gasteiger partial charge is 0.123 e. The van der Waals surface area contributed by atoms with Gasteiger partial charge >= 0.3 is 0 Å². The van der Waals surface area contributed by atoms with Gasteiger partial charge < -0.3 is 5.32 Å². The molecule has 0 radical (unpaired) electrons. The standard InChI is InChI=1S/C19H26FNS/c1-2-10-22-19-13-17(15-8-5-9-16(20)12-15)21-18(19)11-14-6-3-4-7-14/h2,5,8-9,12,14,17-19,21H,1,3-4,6-7,10-11,13H2. The molecule has 3 heteroatoms. The molecule has 1 saturated heterocycles. The summed E-state index contributed by atoms with van der Waals surface area (Å²) in [7, 11) is 0. The average Bonchev–Trinajstić information content (AvgIpc) is 3.16. The number of nitrogens with one attached hydrogen (secondary N) is 1. The Bertz CT molecular complexity index is 498. The van der Waals surface area contributed by atoms with Crippen LogP contribution < -0.4 is 5.32 Å². The molecule has 0 bridgehead atoms. The quantitative estimate of drug-likeness (QED) is 0.732. The van der Waals surface area contributed by atoms with Gasteiger partial charge in [-0.2, -0.15) is 11.8 Å². The van der Waals surface area contributed by atoms with Crippen molar-refractivity contribution < 1.29 is 4.39 Å². The van der Waals surface area contributed by atoms with E-state index in [2.05, 4.69) is 11.9 Å². The Morgan fingerprint density at radius 3 is 2.86 bits per heavy atom. The van der Waals surface area contributed by atoms with Crippen LogP contribution in [0.4, 0.5) is 4.39 Å². The van der Waals surface area contributed by atoms with Gasteiger partial charge in [-0.25, -0.2) is 4.39 Å². The highest BCUT2D eigenvalue weighted by atomic mass is 32.2. The van der Waals surface area contributed by atoms with Crippen LogP contribution in [0.2, 0.25) is 0 Å². The second-order valence-electron chi connectivity index (χ2n) is 6.66. The van der Waals surface area contributed by atoms with Crippen molar-refractivity contribution in [3.8, 4) is 0 Å². The van der Waals surface area contributed by atoms with Crippen molar-refractivity contribution in [2.45, 2.75) is 55.9 Å². The van der Waals surface area contributed by atoms with Crippen molar-refractivity contribution in [1.29, 1.82) is 0 Å². The highest BCUT2D eigenvalue weighted by molar-refractivity contribution is 8.00. The second kappa shape index (κ2) is 7.65. The van der Waals surface area contributed by atoms with E-state index < -0.39 is 0 Å². The van der Waals surface area contributed by atoms with Crippen molar-refractivity contribution in [1.82, 2.24) is 5.32 Å². The summed E-state index contributed by atoms with van der Waals surface area (Å²) in [5.41, 5.74) is 1.10. The first kappa shape index (κ1) is 16.1. The van der Waals surface area contributed by atoms with Gasteiger partial charge in [0.15, 0.2) is 0 Å². The molecule has 120 valence electrons. The maximum absolute atomic E-state index is 13.5. The first-order valence-electron chi connectivity index (χ1n) is 8.50. The number of benzene rings is 1. The molecule has 3 rings (SSSR count). The molecule has 3 unspecified atom stereocenters. The lowest BCUT2D eigenvalue weighted by molar-refractivity contribution is 0.411. The fraction of sp³-hybridized carbons (Fsp3) is 0.579. The minimum absolute atomic E-state index is 0.131. The first-order chi connectivity index (χ1) is 10.8. The third-order valence-electron chi connectivity index (χ3n) is 5.07. The minimum Gasteiger partial charge on any atom is -0.306 e. The van der Waals surface area contributed by atoms with Gasteiger partial charge in [-0.1, -0.05) is 43.9 Å². The molecule has 2 aliphatic rings. The van der Waals surface area contributed by atoms with Gasteiger partial charge in [0.25, 0.3) is 0 Å². The molecular weight excluding hydrogens is 293 g/mol. The van der Waals surface area contributed by atoms with Crippen LogP contribution in [0.5, 0.6) is 0 Å². The van der Waals surface area contributed by atoms with Gasteiger partial charge in [-0.3, -0.25) is 0 Å². The van der Waals surface area contributed by atoms with E-state index in [1.165, 1.54) is 38.2 Å². The highest BCUT2D eigenvalue weighted by Gasteiger charge is 2.36. The number of hydrogen-bond donors (Lipinski definition) is 1. The monoisotopic (exact) mass is 319 g/mol. The predicted molar refractivity (Wildman–Crippen MR) is 93.7 cm³/mol. The Morgan fingerprint density at radius 1 is 1.32 bits per heavy atom. The summed E-state index contributed by atoms with van der Waals surface area (Å²) >= 11 is 2.00. The summed E-state index contributed by atoms with van der Waals surface area (Å²) in [4.78, 5) is 0. The summed E-state index contributed by atoms with van der Waals surface area (Å²) < 4.78 is 13.5. The molecule has 1 nitrogen and oxygen atoms in total. The van der Waals surface area contributed by atoms with Crippen LogP contribution in [0.15, 0.2) is 36.9 Å². The molecule has 1 aliphatic carbocycles.